The molecular weight excluding hydrogens is 126 g/mol. The van der Waals surface area contributed by atoms with Gasteiger partial charge in [-0.1, -0.05) is 0 Å². The van der Waals surface area contributed by atoms with E-state index < -0.39 is 0 Å². The molecule has 1 amide bonds. The van der Waals surface area contributed by atoms with Crippen LogP contribution >= 0.6 is 0 Å². The predicted octanol–water partition coefficient (Wildman–Crippen LogP) is 0.778. The van der Waals surface area contributed by atoms with Crippen molar-refractivity contribution in [2.75, 3.05) is 7.05 Å². The fourth-order valence-electron chi connectivity index (χ4n) is 1.75. The molecule has 0 bridgehead atoms. The number of hydrogen-bond acceptors (Lipinski definition) is 1. The van der Waals surface area contributed by atoms with Crippen LogP contribution < -0.4 is 5.32 Å². The SMILES string of the molecule is CNC(=O)[C@H]1C[C@@H]1C1CC1. The van der Waals surface area contributed by atoms with E-state index in [1.165, 1.54) is 12.8 Å². The Morgan fingerprint density at radius 2 is 2.20 bits per heavy atom. The first-order chi connectivity index (χ1) is 4.83. The van der Waals surface area contributed by atoms with E-state index in [9.17, 15) is 4.79 Å². The molecule has 2 fully saturated rings. The molecule has 2 aliphatic rings. The summed E-state index contributed by atoms with van der Waals surface area (Å²) in [5.41, 5.74) is 0. The Labute approximate surface area is 61.0 Å². The average Bonchev–Trinajstić information content (AvgIpc) is 2.74. The van der Waals surface area contributed by atoms with Crippen LogP contribution in [0, 0.1) is 17.8 Å². The van der Waals surface area contributed by atoms with Gasteiger partial charge in [-0.15, -0.1) is 0 Å². The molecule has 56 valence electrons. The highest BCUT2D eigenvalue weighted by molar-refractivity contribution is 5.81. The normalized spacial score (nSPS) is 37.3. The van der Waals surface area contributed by atoms with Crippen molar-refractivity contribution in [2.45, 2.75) is 19.3 Å². The van der Waals surface area contributed by atoms with Gasteiger partial charge in [0, 0.05) is 13.0 Å². The molecule has 0 saturated heterocycles. The zero-order valence-electron chi connectivity index (χ0n) is 6.26. The predicted molar refractivity (Wildman–Crippen MR) is 38.4 cm³/mol. The summed E-state index contributed by atoms with van der Waals surface area (Å²) >= 11 is 0. The minimum absolute atomic E-state index is 0.261. The highest BCUT2D eigenvalue weighted by Crippen LogP contribution is 2.54. The lowest BCUT2D eigenvalue weighted by Crippen LogP contribution is -2.20. The monoisotopic (exact) mass is 139 g/mol. The molecule has 2 nitrogen and oxygen atoms in total. The molecule has 2 aliphatic carbocycles. The minimum Gasteiger partial charge on any atom is -0.359 e. The van der Waals surface area contributed by atoms with Gasteiger partial charge >= 0.3 is 0 Å². The van der Waals surface area contributed by atoms with Crippen LogP contribution in [0.15, 0.2) is 0 Å². The Bertz CT molecular complexity index is 163. The molecule has 0 heterocycles. The van der Waals surface area contributed by atoms with Crippen molar-refractivity contribution in [1.29, 1.82) is 0 Å². The molecule has 10 heavy (non-hydrogen) atoms. The van der Waals surface area contributed by atoms with E-state index in [2.05, 4.69) is 5.32 Å². The van der Waals surface area contributed by atoms with Crippen LogP contribution in [0.4, 0.5) is 0 Å². The standard InChI is InChI=1S/C8H13NO/c1-9-8(10)7-4-6(7)5-2-3-5/h5-7H,2-4H2,1H3,(H,9,10)/t6-,7+/m1/s1. The van der Waals surface area contributed by atoms with Gasteiger partial charge in [0.2, 0.25) is 5.91 Å². The first-order valence-corrected chi connectivity index (χ1v) is 4.04. The van der Waals surface area contributed by atoms with E-state index in [0.717, 1.165) is 18.3 Å². The number of amides is 1. The van der Waals surface area contributed by atoms with E-state index in [0.29, 0.717) is 5.92 Å². The zero-order chi connectivity index (χ0) is 7.14. The van der Waals surface area contributed by atoms with Gasteiger partial charge < -0.3 is 5.32 Å². The summed E-state index contributed by atoms with van der Waals surface area (Å²) in [6, 6.07) is 0. The topological polar surface area (TPSA) is 29.1 Å². The summed E-state index contributed by atoms with van der Waals surface area (Å²) in [5, 5.41) is 2.70. The van der Waals surface area contributed by atoms with Gasteiger partial charge in [-0.3, -0.25) is 4.79 Å². The third-order valence-corrected chi connectivity index (χ3v) is 2.65. The molecule has 2 atom stereocenters. The van der Waals surface area contributed by atoms with Gasteiger partial charge in [-0.25, -0.2) is 0 Å². The molecular formula is C8H13NO. The van der Waals surface area contributed by atoms with Crippen molar-refractivity contribution in [1.82, 2.24) is 5.32 Å². The van der Waals surface area contributed by atoms with Crippen molar-refractivity contribution in [2.24, 2.45) is 17.8 Å². The smallest absolute Gasteiger partial charge is 0.223 e. The van der Waals surface area contributed by atoms with Crippen molar-refractivity contribution in [3.8, 4) is 0 Å². The molecule has 0 spiro atoms. The fraction of sp³-hybridized carbons (Fsp3) is 0.875. The lowest BCUT2D eigenvalue weighted by molar-refractivity contribution is -0.122. The van der Waals surface area contributed by atoms with Crippen LogP contribution in [0.25, 0.3) is 0 Å². The van der Waals surface area contributed by atoms with Crippen molar-refractivity contribution in [3.05, 3.63) is 0 Å². The number of nitrogens with one attached hydrogen (secondary N) is 1. The maximum atomic E-state index is 11.0. The highest BCUT2D eigenvalue weighted by Gasteiger charge is 2.50. The number of carbonyl (C=O) groups is 1. The van der Waals surface area contributed by atoms with Crippen LogP contribution in [0.2, 0.25) is 0 Å². The van der Waals surface area contributed by atoms with Gasteiger partial charge in [-0.2, -0.15) is 0 Å². The van der Waals surface area contributed by atoms with Gasteiger partial charge in [0.1, 0.15) is 0 Å². The second kappa shape index (κ2) is 1.97. The Hall–Kier alpha value is -0.530. The molecule has 0 aliphatic heterocycles. The van der Waals surface area contributed by atoms with E-state index >= 15 is 0 Å². The first kappa shape index (κ1) is 6.20. The van der Waals surface area contributed by atoms with Gasteiger partial charge in [-0.05, 0) is 31.1 Å². The van der Waals surface area contributed by atoms with E-state index in [-0.39, 0.29) is 5.91 Å². The number of rotatable bonds is 2. The molecule has 0 aromatic carbocycles. The number of carbonyl (C=O) groups excluding carboxylic acids is 1. The molecule has 0 aromatic heterocycles. The molecule has 2 heteroatoms. The highest BCUT2D eigenvalue weighted by atomic mass is 16.1. The Kier molecular flexibility index (Phi) is 1.22. The van der Waals surface area contributed by atoms with E-state index in [1.54, 1.807) is 7.05 Å². The first-order valence-electron chi connectivity index (χ1n) is 4.04. The quantitative estimate of drug-likeness (QED) is 0.601. The maximum absolute atomic E-state index is 11.0. The lowest BCUT2D eigenvalue weighted by Gasteiger charge is -1.94. The summed E-state index contributed by atoms with van der Waals surface area (Å²) in [7, 11) is 1.73. The third-order valence-electron chi connectivity index (χ3n) is 2.65. The summed E-state index contributed by atoms with van der Waals surface area (Å²) in [6.07, 6.45) is 3.90. The summed E-state index contributed by atoms with van der Waals surface area (Å²) in [6.45, 7) is 0. The fourth-order valence-corrected chi connectivity index (χ4v) is 1.75. The molecule has 1 N–H and O–H groups in total. The number of hydrogen-bond donors (Lipinski definition) is 1. The summed E-state index contributed by atoms with van der Waals surface area (Å²) in [5.74, 6) is 2.33. The third kappa shape index (κ3) is 0.917. The second-order valence-corrected chi connectivity index (χ2v) is 3.46. The van der Waals surface area contributed by atoms with E-state index in [1.807, 2.05) is 0 Å². The van der Waals surface area contributed by atoms with Crippen LogP contribution in [-0.2, 0) is 4.79 Å². The van der Waals surface area contributed by atoms with Crippen molar-refractivity contribution in [3.63, 3.8) is 0 Å². The van der Waals surface area contributed by atoms with Crippen molar-refractivity contribution >= 4 is 5.91 Å². The van der Waals surface area contributed by atoms with Crippen LogP contribution in [0.3, 0.4) is 0 Å². The summed E-state index contributed by atoms with van der Waals surface area (Å²) in [4.78, 5) is 11.0. The van der Waals surface area contributed by atoms with Crippen LogP contribution in [0.5, 0.6) is 0 Å². The minimum atomic E-state index is 0.261. The zero-order valence-corrected chi connectivity index (χ0v) is 6.26. The van der Waals surface area contributed by atoms with Crippen LogP contribution in [-0.4, -0.2) is 13.0 Å². The average molecular weight is 139 g/mol. The van der Waals surface area contributed by atoms with E-state index in [4.69, 9.17) is 0 Å². The maximum Gasteiger partial charge on any atom is 0.223 e. The van der Waals surface area contributed by atoms with Gasteiger partial charge in [0.15, 0.2) is 0 Å². The van der Waals surface area contributed by atoms with Crippen LogP contribution in [0.1, 0.15) is 19.3 Å². The molecule has 2 saturated carbocycles. The Balaban J connectivity index is 1.82. The molecule has 0 aromatic rings. The largest absolute Gasteiger partial charge is 0.359 e. The van der Waals surface area contributed by atoms with Gasteiger partial charge in [0.25, 0.3) is 0 Å². The molecule has 0 unspecified atom stereocenters. The Morgan fingerprint density at radius 3 is 2.70 bits per heavy atom. The van der Waals surface area contributed by atoms with Crippen molar-refractivity contribution < 1.29 is 4.79 Å². The molecule has 2 rings (SSSR count). The lowest BCUT2D eigenvalue weighted by atomic mass is 10.2. The Morgan fingerprint density at radius 1 is 1.50 bits per heavy atom. The molecule has 0 radical (unpaired) electrons. The second-order valence-electron chi connectivity index (χ2n) is 3.46. The van der Waals surface area contributed by atoms with Gasteiger partial charge in [0.05, 0.1) is 0 Å². The summed E-state index contributed by atoms with van der Waals surface area (Å²) < 4.78 is 0.